The zero-order valence-corrected chi connectivity index (χ0v) is 53.4. The van der Waals surface area contributed by atoms with E-state index in [2.05, 4.69) is 248 Å². The summed E-state index contributed by atoms with van der Waals surface area (Å²) >= 11 is 0. The van der Waals surface area contributed by atoms with Gasteiger partial charge in [-0.25, -0.2) is 0 Å². The molecule has 1 saturated carbocycles. The monoisotopic (exact) mass is 1100 g/mol. The van der Waals surface area contributed by atoms with Crippen molar-refractivity contribution >= 4 is 90.5 Å². The van der Waals surface area contributed by atoms with Gasteiger partial charge in [0, 0.05) is 67.8 Å². The van der Waals surface area contributed by atoms with Crippen LogP contribution in [0.15, 0.2) is 120 Å². The minimum absolute atomic E-state index is 0.00251. The lowest BCUT2D eigenvalue weighted by Crippen LogP contribution is -2.62. The number of furan rings is 1. The number of hydrogen-bond acceptors (Lipinski definition) is 4. The van der Waals surface area contributed by atoms with Gasteiger partial charge in [-0.1, -0.05) is 172 Å². The normalized spacial score (nSPS) is 24.3. The van der Waals surface area contributed by atoms with Crippen molar-refractivity contribution in [1.29, 1.82) is 0 Å². The molecule has 2 unspecified atom stereocenters. The molecule has 426 valence electrons. The second kappa shape index (κ2) is 16.8. The fraction of sp³-hybridized carbons (Fsp3) is 0.462. The number of benzene rings is 7. The summed E-state index contributed by atoms with van der Waals surface area (Å²) < 4.78 is 6.89. The molecule has 1 aromatic heterocycles. The van der Waals surface area contributed by atoms with E-state index in [0.717, 1.165) is 59.7 Å². The predicted octanol–water partition coefficient (Wildman–Crippen LogP) is 19.8. The number of nitrogens with zero attached hydrogens (tertiary/aromatic N) is 3. The minimum Gasteiger partial charge on any atom is -0.456 e. The maximum absolute atomic E-state index is 6.89. The van der Waals surface area contributed by atoms with E-state index in [1.165, 1.54) is 133 Å². The van der Waals surface area contributed by atoms with Crippen LogP contribution in [0.2, 0.25) is 0 Å². The summed E-state index contributed by atoms with van der Waals surface area (Å²) in [7, 11) is 0. The molecule has 83 heavy (non-hydrogen) atoms. The van der Waals surface area contributed by atoms with Gasteiger partial charge in [0.15, 0.2) is 0 Å². The topological polar surface area (TPSA) is 22.9 Å². The third kappa shape index (κ3) is 7.36. The van der Waals surface area contributed by atoms with Crippen molar-refractivity contribution < 1.29 is 4.42 Å². The lowest BCUT2D eigenvalue weighted by atomic mass is 9.32. The molecule has 3 aliphatic heterocycles. The molecule has 4 aliphatic carbocycles. The molecule has 15 rings (SSSR count). The quantitative estimate of drug-likeness (QED) is 0.165. The highest BCUT2D eigenvalue weighted by Crippen LogP contribution is 2.63. The SMILES string of the molecule is CC(C)(C)c1ccc2c(c1)C1(C)CCCCC1(C)N2c1cc2c3c(c1)N(c1ccc4c(c1)oc1ccccc14)c1cc4c(cc1B3c1cc3c(cc1N2c1ccc2c(c1)C(C)(C)CCC2(C)C)C(C)(C)CCC3(C)C)C(C)(C)CCC4(C)C. The van der Waals surface area contributed by atoms with E-state index in [0.29, 0.717) is 0 Å². The first-order chi connectivity index (χ1) is 38.9. The molecule has 7 aromatic carbocycles. The number of rotatable bonds is 3. The lowest BCUT2D eigenvalue weighted by molar-refractivity contribution is 0.195. The molecule has 8 aromatic rings. The molecule has 4 nitrogen and oxygen atoms in total. The Morgan fingerprint density at radius 1 is 0.386 bits per heavy atom. The molecule has 1 fully saturated rings. The Kier molecular flexibility index (Phi) is 10.8. The molecule has 2 atom stereocenters. The van der Waals surface area contributed by atoms with Crippen LogP contribution in [0.1, 0.15) is 226 Å². The molecule has 0 bridgehead atoms. The van der Waals surface area contributed by atoms with E-state index in [4.69, 9.17) is 4.42 Å². The van der Waals surface area contributed by atoms with Crippen LogP contribution in [0.4, 0.5) is 45.5 Å². The first-order valence-electron chi connectivity index (χ1n) is 32.1. The van der Waals surface area contributed by atoms with Crippen LogP contribution in [0.25, 0.3) is 21.9 Å². The highest BCUT2D eigenvalue weighted by molar-refractivity contribution is 7.00. The Labute approximate surface area is 497 Å². The minimum atomic E-state index is -0.169. The number of fused-ring (bicyclic) bond motifs is 13. The Morgan fingerprint density at radius 3 is 1.43 bits per heavy atom. The predicted molar refractivity (Wildman–Crippen MR) is 355 cm³/mol. The van der Waals surface area contributed by atoms with Crippen LogP contribution in [-0.2, 0) is 43.3 Å². The molecule has 0 amide bonds. The maximum atomic E-state index is 6.89. The second-order valence-corrected chi connectivity index (χ2v) is 32.9. The third-order valence-corrected chi connectivity index (χ3v) is 23.9. The smallest absolute Gasteiger partial charge is 0.252 e. The van der Waals surface area contributed by atoms with Gasteiger partial charge < -0.3 is 19.1 Å². The average molecular weight is 1100 g/mol. The Hall–Kier alpha value is -6.20. The van der Waals surface area contributed by atoms with Gasteiger partial charge in [0.2, 0.25) is 0 Å². The zero-order chi connectivity index (χ0) is 58.3. The fourth-order valence-corrected chi connectivity index (χ4v) is 18.0. The van der Waals surface area contributed by atoms with Gasteiger partial charge in [0.1, 0.15) is 11.2 Å². The summed E-state index contributed by atoms with van der Waals surface area (Å²) in [5.41, 5.74) is 28.3. The van der Waals surface area contributed by atoms with Crippen molar-refractivity contribution in [3.8, 4) is 0 Å². The van der Waals surface area contributed by atoms with E-state index in [1.807, 2.05) is 0 Å². The number of anilines is 8. The molecule has 7 aliphatic rings. The van der Waals surface area contributed by atoms with Gasteiger partial charge in [0.25, 0.3) is 6.71 Å². The Balaban J connectivity index is 1.11. The molecule has 0 N–H and O–H groups in total. The van der Waals surface area contributed by atoms with Crippen molar-refractivity contribution in [3.05, 3.63) is 160 Å². The molecule has 0 radical (unpaired) electrons. The van der Waals surface area contributed by atoms with Crippen LogP contribution in [0, 0.1) is 0 Å². The molecular formula is C78H90BN3O. The molecule has 5 heteroatoms. The van der Waals surface area contributed by atoms with E-state index >= 15 is 0 Å². The molecule has 0 spiro atoms. The Morgan fingerprint density at radius 2 is 0.867 bits per heavy atom. The maximum Gasteiger partial charge on any atom is 0.252 e. The summed E-state index contributed by atoms with van der Waals surface area (Å²) in [6.45, 7) is 42.5. The van der Waals surface area contributed by atoms with Crippen LogP contribution >= 0.6 is 0 Å². The van der Waals surface area contributed by atoms with Crippen LogP contribution in [-0.4, -0.2) is 12.3 Å². The van der Waals surface area contributed by atoms with E-state index in [1.54, 1.807) is 0 Å². The summed E-state index contributed by atoms with van der Waals surface area (Å²) in [5.74, 6) is 0. The summed E-state index contributed by atoms with van der Waals surface area (Å²) in [5, 5.41) is 2.32. The van der Waals surface area contributed by atoms with Gasteiger partial charge in [-0.05, 0) is 218 Å². The van der Waals surface area contributed by atoms with E-state index in [-0.39, 0.29) is 55.6 Å². The van der Waals surface area contributed by atoms with Crippen molar-refractivity contribution in [2.75, 3.05) is 14.7 Å². The van der Waals surface area contributed by atoms with Gasteiger partial charge in [0.05, 0.1) is 5.54 Å². The first-order valence-corrected chi connectivity index (χ1v) is 32.1. The van der Waals surface area contributed by atoms with E-state index < -0.39 is 0 Å². The van der Waals surface area contributed by atoms with Crippen LogP contribution in [0.5, 0.6) is 0 Å². The standard InChI is InChI=1S/C78H90BN3O/c1-70(2,3)47-24-29-62-59(38-47)77(16)30-20-21-31-78(77,17)82(62)50-40-65-69-66(41-50)81(49-25-27-52-51-22-18-19-23-67(51)83-68(52)42-49)64-46-58-56(74(10,11)35-37-76(58,14)15)44-61(64)79(69)60-43-55-57(75(12,13)36-34-73(55,8)9)45-63(60)80(65)48-26-28-53-54(39-48)72(6,7)33-32-71(53,4)5/h18-19,22-29,38-46H,20-21,30-37H2,1-17H3. The second-order valence-electron chi connectivity index (χ2n) is 32.9. The average Bonchev–Trinajstić information content (AvgIpc) is 1.96. The molecule has 4 heterocycles. The Bertz CT molecular complexity index is 4120. The summed E-state index contributed by atoms with van der Waals surface area (Å²) in [6.07, 6.45) is 11.8. The summed E-state index contributed by atoms with van der Waals surface area (Å²) in [6, 6.07) is 47.3. The number of hydrogen-bond donors (Lipinski definition) is 0. The van der Waals surface area contributed by atoms with Crippen molar-refractivity contribution in [2.24, 2.45) is 0 Å². The van der Waals surface area contributed by atoms with E-state index in [9.17, 15) is 0 Å². The van der Waals surface area contributed by atoms with Gasteiger partial charge in [-0.15, -0.1) is 0 Å². The van der Waals surface area contributed by atoms with Crippen molar-refractivity contribution in [1.82, 2.24) is 0 Å². The van der Waals surface area contributed by atoms with Crippen molar-refractivity contribution in [3.63, 3.8) is 0 Å². The van der Waals surface area contributed by atoms with Gasteiger partial charge >= 0.3 is 0 Å². The van der Waals surface area contributed by atoms with Crippen molar-refractivity contribution in [2.45, 2.75) is 231 Å². The van der Waals surface area contributed by atoms with Gasteiger partial charge in [-0.3, -0.25) is 0 Å². The lowest BCUT2D eigenvalue weighted by Gasteiger charge is -2.52. The summed E-state index contributed by atoms with van der Waals surface area (Å²) in [4.78, 5) is 8.39. The first kappa shape index (κ1) is 53.5. The highest BCUT2D eigenvalue weighted by atomic mass is 16.3. The fourth-order valence-electron chi connectivity index (χ4n) is 18.0. The third-order valence-electron chi connectivity index (χ3n) is 23.9. The molecule has 0 saturated heterocycles. The highest BCUT2D eigenvalue weighted by Gasteiger charge is 2.59. The molecular weight excluding hydrogens is 1010 g/mol. The van der Waals surface area contributed by atoms with Crippen LogP contribution in [0.3, 0.4) is 0 Å². The van der Waals surface area contributed by atoms with Gasteiger partial charge in [-0.2, -0.15) is 0 Å². The number of para-hydroxylation sites is 1. The zero-order valence-electron chi connectivity index (χ0n) is 53.4. The largest absolute Gasteiger partial charge is 0.456 e. The van der Waals surface area contributed by atoms with Crippen LogP contribution < -0.4 is 31.1 Å².